The van der Waals surface area contributed by atoms with Crippen LogP contribution in [-0.2, 0) is 20.9 Å². The van der Waals surface area contributed by atoms with Crippen molar-refractivity contribution < 1.29 is 28.2 Å². The molecule has 4 rings (SSSR count). The van der Waals surface area contributed by atoms with Gasteiger partial charge in [-0.3, -0.25) is 14.5 Å². The number of piperazine rings is 1. The van der Waals surface area contributed by atoms with Gasteiger partial charge in [-0.25, -0.2) is 9.18 Å². The van der Waals surface area contributed by atoms with Crippen LogP contribution in [0.2, 0.25) is 5.02 Å². The second-order valence-electron chi connectivity index (χ2n) is 11.2. The van der Waals surface area contributed by atoms with Gasteiger partial charge in [-0.05, 0) is 63.1 Å². The average molecular weight is 575 g/mol. The van der Waals surface area contributed by atoms with Crippen molar-refractivity contribution in [2.75, 3.05) is 38.1 Å². The van der Waals surface area contributed by atoms with Crippen LogP contribution < -0.4 is 10.1 Å². The van der Waals surface area contributed by atoms with Gasteiger partial charge in [0, 0.05) is 56.8 Å². The van der Waals surface area contributed by atoms with E-state index in [0.717, 1.165) is 5.56 Å². The van der Waals surface area contributed by atoms with Crippen molar-refractivity contribution in [3.05, 3.63) is 58.9 Å². The van der Waals surface area contributed by atoms with Crippen molar-refractivity contribution in [1.29, 1.82) is 0 Å². The number of amides is 3. The number of ether oxygens (including phenoxy) is 2. The largest absolute Gasteiger partial charge is 0.482 e. The molecule has 0 aliphatic carbocycles. The van der Waals surface area contributed by atoms with E-state index in [9.17, 15) is 18.8 Å². The Morgan fingerprint density at radius 1 is 1.02 bits per heavy atom. The molecular weight excluding hydrogens is 539 g/mol. The number of rotatable bonds is 6. The van der Waals surface area contributed by atoms with E-state index < -0.39 is 5.60 Å². The van der Waals surface area contributed by atoms with Gasteiger partial charge in [-0.1, -0.05) is 23.7 Å². The van der Waals surface area contributed by atoms with Crippen LogP contribution in [0.25, 0.3) is 0 Å². The zero-order valence-corrected chi connectivity index (χ0v) is 24.0. The first-order valence-electron chi connectivity index (χ1n) is 13.3. The lowest BCUT2D eigenvalue weighted by atomic mass is 10.0. The van der Waals surface area contributed by atoms with Gasteiger partial charge < -0.3 is 24.6 Å². The summed E-state index contributed by atoms with van der Waals surface area (Å²) in [6.07, 6.45) is 0.266. The molecule has 0 aromatic heterocycles. The van der Waals surface area contributed by atoms with Gasteiger partial charge in [0.05, 0.1) is 5.69 Å². The molecule has 0 spiro atoms. The molecule has 3 amide bonds. The lowest BCUT2D eigenvalue weighted by Gasteiger charge is -2.45. The molecular formula is C29H36ClFN4O5. The normalized spacial score (nSPS) is 19.6. The third kappa shape index (κ3) is 7.85. The highest BCUT2D eigenvalue weighted by molar-refractivity contribution is 6.31. The van der Waals surface area contributed by atoms with Crippen molar-refractivity contribution in [3.8, 4) is 5.75 Å². The van der Waals surface area contributed by atoms with Crippen LogP contribution in [0.5, 0.6) is 5.75 Å². The molecule has 2 atom stereocenters. The number of nitrogens with zero attached hydrogens (tertiary/aromatic N) is 3. The SMILES string of the molecule is CC(=O)Nc1cc(Cl)ccc1OCC(=O)N1CC2CCN(C(=O)OC(C)(C)C)CC(C1)N2Cc1ccc(F)cc1. The first kappa shape index (κ1) is 29.6. The Labute approximate surface area is 239 Å². The first-order valence-corrected chi connectivity index (χ1v) is 13.7. The predicted octanol–water partition coefficient (Wildman–Crippen LogP) is 4.54. The van der Waals surface area contributed by atoms with Crippen LogP contribution in [0.15, 0.2) is 42.5 Å². The van der Waals surface area contributed by atoms with E-state index in [1.165, 1.54) is 19.1 Å². The summed E-state index contributed by atoms with van der Waals surface area (Å²) in [5.74, 6) is -0.438. The monoisotopic (exact) mass is 574 g/mol. The van der Waals surface area contributed by atoms with E-state index in [-0.39, 0.29) is 42.4 Å². The Balaban J connectivity index is 1.49. The predicted molar refractivity (Wildman–Crippen MR) is 150 cm³/mol. The molecule has 2 aromatic rings. The molecule has 2 aliphatic rings. The smallest absolute Gasteiger partial charge is 0.410 e. The van der Waals surface area contributed by atoms with Crippen LogP contribution in [0.1, 0.15) is 39.7 Å². The van der Waals surface area contributed by atoms with E-state index in [1.807, 2.05) is 20.8 Å². The third-order valence-electron chi connectivity index (χ3n) is 6.85. The number of fused-ring (bicyclic) bond motifs is 2. The fraction of sp³-hybridized carbons (Fsp3) is 0.483. The second kappa shape index (κ2) is 12.4. The highest BCUT2D eigenvalue weighted by Gasteiger charge is 2.41. The minimum absolute atomic E-state index is 0.0225. The lowest BCUT2D eigenvalue weighted by Crippen LogP contribution is -2.61. The number of hydrogen-bond donors (Lipinski definition) is 1. The number of carbonyl (C=O) groups is 3. The van der Waals surface area contributed by atoms with Crippen LogP contribution in [0.3, 0.4) is 0 Å². The van der Waals surface area contributed by atoms with Gasteiger partial charge >= 0.3 is 6.09 Å². The van der Waals surface area contributed by atoms with Crippen molar-refractivity contribution in [1.82, 2.24) is 14.7 Å². The summed E-state index contributed by atoms with van der Waals surface area (Å²) >= 11 is 6.06. The lowest BCUT2D eigenvalue weighted by molar-refractivity contribution is -0.138. The van der Waals surface area contributed by atoms with E-state index in [2.05, 4.69) is 10.2 Å². The van der Waals surface area contributed by atoms with Crippen molar-refractivity contribution in [3.63, 3.8) is 0 Å². The molecule has 2 aliphatic heterocycles. The summed E-state index contributed by atoms with van der Waals surface area (Å²) in [6, 6.07) is 11.0. The Hall–Kier alpha value is -3.37. The summed E-state index contributed by atoms with van der Waals surface area (Å²) in [4.78, 5) is 43.7. The zero-order valence-electron chi connectivity index (χ0n) is 23.3. The summed E-state index contributed by atoms with van der Waals surface area (Å²) < 4.78 is 25.0. The molecule has 0 saturated carbocycles. The number of carbonyl (C=O) groups excluding carboxylic acids is 3. The molecule has 0 radical (unpaired) electrons. The highest BCUT2D eigenvalue weighted by Crippen LogP contribution is 2.29. The minimum Gasteiger partial charge on any atom is -0.482 e. The van der Waals surface area contributed by atoms with Gasteiger partial charge in [-0.2, -0.15) is 0 Å². The Kier molecular flexibility index (Phi) is 9.20. The quantitative estimate of drug-likeness (QED) is 0.545. The molecule has 2 fully saturated rings. The summed E-state index contributed by atoms with van der Waals surface area (Å²) in [6.45, 7) is 8.97. The molecule has 9 nitrogen and oxygen atoms in total. The number of nitrogens with one attached hydrogen (secondary N) is 1. The molecule has 2 saturated heterocycles. The van der Waals surface area contributed by atoms with Gasteiger partial charge in [0.15, 0.2) is 6.61 Å². The average Bonchev–Trinajstić information content (AvgIpc) is 2.95. The van der Waals surface area contributed by atoms with Crippen molar-refractivity contribution in [2.45, 2.75) is 58.3 Å². The molecule has 2 heterocycles. The van der Waals surface area contributed by atoms with Gasteiger partial charge in [0.25, 0.3) is 5.91 Å². The number of benzene rings is 2. The minimum atomic E-state index is -0.622. The summed E-state index contributed by atoms with van der Waals surface area (Å²) in [7, 11) is 0. The third-order valence-corrected chi connectivity index (χ3v) is 7.09. The Bertz CT molecular complexity index is 1240. The van der Waals surface area contributed by atoms with Gasteiger partial charge in [0.2, 0.25) is 5.91 Å². The molecule has 2 unspecified atom stereocenters. The van der Waals surface area contributed by atoms with Crippen LogP contribution in [0, 0.1) is 5.82 Å². The van der Waals surface area contributed by atoms with Crippen LogP contribution in [-0.4, -0.2) is 83.1 Å². The highest BCUT2D eigenvalue weighted by atomic mass is 35.5. The Morgan fingerprint density at radius 3 is 2.38 bits per heavy atom. The van der Waals surface area contributed by atoms with E-state index in [0.29, 0.717) is 55.6 Å². The van der Waals surface area contributed by atoms with Crippen LogP contribution in [0.4, 0.5) is 14.9 Å². The van der Waals surface area contributed by atoms with E-state index >= 15 is 0 Å². The fourth-order valence-electron chi connectivity index (χ4n) is 5.06. The maximum atomic E-state index is 13.5. The zero-order chi connectivity index (χ0) is 29.0. The summed E-state index contributed by atoms with van der Waals surface area (Å²) in [5.41, 5.74) is 0.723. The van der Waals surface area contributed by atoms with Crippen LogP contribution >= 0.6 is 11.6 Å². The van der Waals surface area contributed by atoms with E-state index in [1.54, 1.807) is 40.1 Å². The molecule has 1 N–H and O–H groups in total. The van der Waals surface area contributed by atoms with Gasteiger partial charge in [0.1, 0.15) is 17.2 Å². The maximum Gasteiger partial charge on any atom is 0.410 e. The second-order valence-corrected chi connectivity index (χ2v) is 11.7. The molecule has 11 heteroatoms. The topological polar surface area (TPSA) is 91.4 Å². The summed E-state index contributed by atoms with van der Waals surface area (Å²) in [5, 5.41) is 3.10. The standard InChI is InChI=1S/C29H36ClFN4O5/c1-19(36)32-25-13-21(30)7-10-26(25)39-18-27(37)34-15-23-11-12-33(28(38)40-29(2,3)4)16-24(17-34)35(23)14-20-5-8-22(31)9-6-20/h5-10,13,23-24H,11-12,14-18H2,1-4H3,(H,32,36). The van der Waals surface area contributed by atoms with Crippen molar-refractivity contribution in [2.24, 2.45) is 0 Å². The fourth-order valence-corrected chi connectivity index (χ4v) is 5.23. The molecule has 2 bridgehead atoms. The van der Waals surface area contributed by atoms with E-state index in [4.69, 9.17) is 21.1 Å². The molecule has 216 valence electrons. The van der Waals surface area contributed by atoms with Crippen molar-refractivity contribution >= 4 is 35.2 Å². The molecule has 40 heavy (non-hydrogen) atoms. The molecule has 2 aromatic carbocycles. The maximum absolute atomic E-state index is 13.5. The Morgan fingerprint density at radius 2 is 1.70 bits per heavy atom. The number of halogens is 2. The van der Waals surface area contributed by atoms with Gasteiger partial charge in [-0.15, -0.1) is 0 Å². The number of hydrogen-bond acceptors (Lipinski definition) is 6. The number of anilines is 1. The first-order chi connectivity index (χ1) is 18.9.